The predicted octanol–water partition coefficient (Wildman–Crippen LogP) is 5.45. The molecule has 0 radical (unpaired) electrons. The molecule has 1 saturated carbocycles. The van der Waals surface area contributed by atoms with Crippen molar-refractivity contribution in [1.82, 2.24) is 10.0 Å². The molecule has 0 heterocycles. The third kappa shape index (κ3) is 9.46. The zero-order valence-electron chi connectivity index (χ0n) is 22.4. The molecule has 1 aliphatic carbocycles. The Morgan fingerprint density at radius 1 is 0.949 bits per heavy atom. The van der Waals surface area contributed by atoms with Gasteiger partial charge in [-0.1, -0.05) is 98.8 Å². The van der Waals surface area contributed by atoms with Crippen molar-refractivity contribution in [1.29, 1.82) is 0 Å². The first kappa shape index (κ1) is 30.8. The number of halogens is 1. The second-order valence-corrected chi connectivity index (χ2v) is 12.1. The van der Waals surface area contributed by atoms with E-state index in [9.17, 15) is 18.3 Å². The van der Waals surface area contributed by atoms with Gasteiger partial charge in [-0.3, -0.25) is 4.79 Å². The highest BCUT2D eigenvalue weighted by molar-refractivity contribution is 7.89. The molecule has 0 aliphatic heterocycles. The molecule has 8 heteroatoms. The highest BCUT2D eigenvalue weighted by Crippen LogP contribution is 2.30. The van der Waals surface area contributed by atoms with Crippen LogP contribution in [0.4, 0.5) is 0 Å². The molecule has 6 nitrogen and oxygen atoms in total. The van der Waals surface area contributed by atoms with Crippen molar-refractivity contribution in [3.05, 3.63) is 95.1 Å². The lowest BCUT2D eigenvalue weighted by Gasteiger charge is -2.23. The van der Waals surface area contributed by atoms with Crippen LogP contribution in [0.3, 0.4) is 0 Å². The molecule has 1 fully saturated rings. The summed E-state index contributed by atoms with van der Waals surface area (Å²) >= 11 is 0. The molecule has 4 rings (SSSR count). The lowest BCUT2D eigenvalue weighted by molar-refractivity contribution is 0.0980. The Bertz CT molecular complexity index is 1310. The minimum absolute atomic E-state index is 0. The summed E-state index contributed by atoms with van der Waals surface area (Å²) in [6, 6.07) is 23.7. The number of aliphatic hydroxyl groups is 1. The lowest BCUT2D eigenvalue weighted by atomic mass is 9.83. The number of aliphatic hydroxyl groups excluding tert-OH is 1. The second kappa shape index (κ2) is 14.6. The van der Waals surface area contributed by atoms with Crippen LogP contribution in [0.2, 0.25) is 0 Å². The summed E-state index contributed by atoms with van der Waals surface area (Å²) in [5.74, 6) is -0.0517. The van der Waals surface area contributed by atoms with Crippen molar-refractivity contribution < 1.29 is 18.3 Å². The van der Waals surface area contributed by atoms with E-state index in [-0.39, 0.29) is 12.4 Å². The van der Waals surface area contributed by atoms with Gasteiger partial charge in [-0.05, 0) is 59.2 Å². The molecule has 1 atom stereocenters. The number of nitrogens with one attached hydrogen (secondary N) is 2. The Morgan fingerprint density at radius 3 is 2.28 bits per heavy atom. The van der Waals surface area contributed by atoms with E-state index in [1.54, 1.807) is 6.07 Å². The Hall–Kier alpha value is -2.71. The maximum absolute atomic E-state index is 12.8. The van der Waals surface area contributed by atoms with Crippen molar-refractivity contribution in [2.75, 3.05) is 19.3 Å². The van der Waals surface area contributed by atoms with Crippen molar-refractivity contribution in [3.8, 4) is 11.1 Å². The molecule has 0 spiro atoms. The van der Waals surface area contributed by atoms with Gasteiger partial charge in [-0.2, -0.15) is 0 Å². The predicted molar refractivity (Wildman–Crippen MR) is 160 cm³/mol. The number of benzene rings is 3. The number of sulfonamides is 1. The van der Waals surface area contributed by atoms with Gasteiger partial charge in [0.15, 0.2) is 0 Å². The van der Waals surface area contributed by atoms with Gasteiger partial charge in [0.1, 0.15) is 0 Å². The average molecular weight is 571 g/mol. The Morgan fingerprint density at radius 2 is 1.62 bits per heavy atom. The zero-order chi connectivity index (χ0) is 27.0. The van der Waals surface area contributed by atoms with Gasteiger partial charge >= 0.3 is 0 Å². The minimum atomic E-state index is -3.64. The number of hydrogen-bond donors (Lipinski definition) is 3. The first-order chi connectivity index (χ1) is 18.3. The second-order valence-electron chi connectivity index (χ2n) is 10.4. The minimum Gasteiger partial charge on any atom is -0.387 e. The Balaban J connectivity index is 0.00000420. The first-order valence-electron chi connectivity index (χ1n) is 13.5. The van der Waals surface area contributed by atoms with Crippen LogP contribution in [0.5, 0.6) is 0 Å². The third-order valence-corrected chi connectivity index (χ3v) is 7.82. The maximum Gasteiger partial charge on any atom is 0.264 e. The van der Waals surface area contributed by atoms with Gasteiger partial charge in [-0.25, -0.2) is 13.1 Å². The molecule has 0 saturated heterocycles. The SMILES string of the molecule is CS(=O)(=O)NC(=O)c1ccc(-c2ccc(CCNC[C@H](O)c3ccccc3)cc2)cc1CC1CCCCC1.Cl. The molecule has 1 amide bonds. The number of carbonyl (C=O) groups excluding carboxylic acids is 1. The largest absolute Gasteiger partial charge is 0.387 e. The molecule has 1 aliphatic rings. The topological polar surface area (TPSA) is 95.5 Å². The van der Waals surface area contributed by atoms with E-state index in [0.717, 1.165) is 60.7 Å². The lowest BCUT2D eigenvalue weighted by Crippen LogP contribution is -2.30. The Labute approximate surface area is 238 Å². The summed E-state index contributed by atoms with van der Waals surface area (Å²) in [7, 11) is -3.64. The van der Waals surface area contributed by atoms with Crippen molar-refractivity contribution in [3.63, 3.8) is 0 Å². The number of rotatable bonds is 11. The van der Waals surface area contributed by atoms with E-state index in [0.29, 0.717) is 18.0 Å². The summed E-state index contributed by atoms with van der Waals surface area (Å²) in [6.45, 7) is 1.27. The van der Waals surface area contributed by atoms with Crippen LogP contribution in [-0.4, -0.2) is 38.8 Å². The molecule has 3 N–H and O–H groups in total. The standard InChI is InChI=1S/C31H38N2O4S.ClH/c1-38(36,37)33-31(35)29-17-16-27(21-28(29)20-24-8-4-2-5-9-24)25-14-12-23(13-15-25)18-19-32-22-30(34)26-10-6-3-7-11-26;/h3,6-7,10-17,21,24,30,32,34H,2,4-5,8-9,18-20,22H2,1H3,(H,33,35);1H/t30-;/m0./s1. The summed E-state index contributed by atoms with van der Waals surface area (Å²) in [4.78, 5) is 12.8. The monoisotopic (exact) mass is 570 g/mol. The summed E-state index contributed by atoms with van der Waals surface area (Å²) in [6.07, 6.45) is 8.05. The van der Waals surface area contributed by atoms with Crippen LogP contribution in [0.15, 0.2) is 72.8 Å². The van der Waals surface area contributed by atoms with Crippen LogP contribution >= 0.6 is 12.4 Å². The first-order valence-corrected chi connectivity index (χ1v) is 15.4. The quantitative estimate of drug-likeness (QED) is 0.266. The van der Waals surface area contributed by atoms with Crippen molar-refractivity contribution in [2.24, 2.45) is 5.92 Å². The van der Waals surface area contributed by atoms with Crippen molar-refractivity contribution >= 4 is 28.3 Å². The van der Waals surface area contributed by atoms with E-state index in [1.807, 2.05) is 42.5 Å². The fourth-order valence-corrected chi connectivity index (χ4v) is 5.66. The molecule has 210 valence electrons. The van der Waals surface area contributed by atoms with Gasteiger partial charge in [0, 0.05) is 12.1 Å². The zero-order valence-corrected chi connectivity index (χ0v) is 24.1. The number of carbonyl (C=O) groups is 1. The molecule has 0 unspecified atom stereocenters. The highest BCUT2D eigenvalue weighted by Gasteiger charge is 2.20. The number of hydrogen-bond acceptors (Lipinski definition) is 5. The molecule has 0 bridgehead atoms. The third-order valence-electron chi connectivity index (χ3n) is 7.26. The van der Waals surface area contributed by atoms with Gasteiger partial charge < -0.3 is 10.4 Å². The average Bonchev–Trinajstić information content (AvgIpc) is 2.91. The smallest absolute Gasteiger partial charge is 0.264 e. The van der Waals surface area contributed by atoms with Crippen LogP contribution in [0, 0.1) is 5.92 Å². The van der Waals surface area contributed by atoms with Gasteiger partial charge in [0.25, 0.3) is 5.91 Å². The summed E-state index contributed by atoms with van der Waals surface area (Å²) < 4.78 is 25.5. The Kier molecular flexibility index (Phi) is 11.5. The normalized spacial score (nSPS) is 14.8. The molecule has 3 aromatic rings. The molecule has 0 aromatic heterocycles. The molecule has 39 heavy (non-hydrogen) atoms. The van der Waals surface area contributed by atoms with Crippen molar-refractivity contribution in [2.45, 2.75) is 51.0 Å². The van der Waals surface area contributed by atoms with Gasteiger partial charge in [0.2, 0.25) is 10.0 Å². The fourth-order valence-electron chi connectivity index (χ4n) is 5.22. The van der Waals surface area contributed by atoms with Crippen LogP contribution in [0.25, 0.3) is 11.1 Å². The summed E-state index contributed by atoms with van der Waals surface area (Å²) in [5, 5.41) is 13.6. The van der Waals surface area contributed by atoms with Crippen LogP contribution in [0.1, 0.15) is 65.3 Å². The van der Waals surface area contributed by atoms with Gasteiger partial charge in [0.05, 0.1) is 12.4 Å². The van der Waals surface area contributed by atoms with Crippen LogP contribution in [-0.2, 0) is 22.9 Å². The van der Waals surface area contributed by atoms with E-state index in [4.69, 9.17) is 0 Å². The van der Waals surface area contributed by atoms with E-state index < -0.39 is 22.0 Å². The van der Waals surface area contributed by atoms with E-state index in [2.05, 4.69) is 34.3 Å². The fraction of sp³-hybridized carbons (Fsp3) is 0.387. The molecular weight excluding hydrogens is 532 g/mol. The van der Waals surface area contributed by atoms with Gasteiger partial charge in [-0.15, -0.1) is 12.4 Å². The number of amides is 1. The van der Waals surface area contributed by atoms with E-state index in [1.165, 1.54) is 24.8 Å². The van der Waals surface area contributed by atoms with E-state index >= 15 is 0 Å². The highest BCUT2D eigenvalue weighted by atomic mass is 35.5. The maximum atomic E-state index is 12.8. The molecular formula is C31H39ClN2O4S. The summed E-state index contributed by atoms with van der Waals surface area (Å²) in [5.41, 5.74) is 5.52. The molecule has 3 aromatic carbocycles. The van der Waals surface area contributed by atoms with Crippen LogP contribution < -0.4 is 10.0 Å².